The van der Waals surface area contributed by atoms with Crippen molar-refractivity contribution in [3.8, 4) is 0 Å². The third kappa shape index (κ3) is 1.40. The van der Waals surface area contributed by atoms with Crippen molar-refractivity contribution >= 4 is 28.5 Å². The molecule has 0 amide bonds. The van der Waals surface area contributed by atoms with Crippen molar-refractivity contribution in [1.82, 2.24) is 9.97 Å². The molecule has 1 aromatic carbocycles. The first-order chi connectivity index (χ1) is 6.68. The Morgan fingerprint density at radius 3 is 2.71 bits per heavy atom. The molecule has 4 nitrogen and oxygen atoms in total. The van der Waals surface area contributed by atoms with E-state index in [9.17, 15) is 4.79 Å². The summed E-state index contributed by atoms with van der Waals surface area (Å²) in [5, 5.41) is 9.29. The summed E-state index contributed by atoms with van der Waals surface area (Å²) in [6, 6.07) is 6.83. The van der Waals surface area contributed by atoms with E-state index in [1.807, 2.05) is 0 Å². The molecule has 70 valence electrons. The Balaban J connectivity index is 2.87. The number of halogens is 1. The van der Waals surface area contributed by atoms with E-state index in [4.69, 9.17) is 16.7 Å². The van der Waals surface area contributed by atoms with Gasteiger partial charge in [-0.05, 0) is 17.7 Å². The highest BCUT2D eigenvalue weighted by Crippen LogP contribution is 2.17. The normalized spacial score (nSPS) is 10.4. The summed E-state index contributed by atoms with van der Waals surface area (Å²) in [7, 11) is 0. The molecule has 0 radical (unpaired) electrons. The summed E-state index contributed by atoms with van der Waals surface area (Å²) in [4.78, 5) is 18.4. The molecule has 0 bridgehead atoms. The summed E-state index contributed by atoms with van der Waals surface area (Å²) in [6.45, 7) is 0. The average molecular weight is 209 g/mol. The van der Waals surface area contributed by atoms with Crippen molar-refractivity contribution in [2.24, 2.45) is 0 Å². The van der Waals surface area contributed by atoms with Gasteiger partial charge in [0.25, 0.3) is 0 Å². The number of hydrogen-bond acceptors (Lipinski definition) is 3. The minimum Gasteiger partial charge on any atom is -0.476 e. The van der Waals surface area contributed by atoms with Gasteiger partial charge in [0, 0.05) is 5.39 Å². The second-order valence-corrected chi connectivity index (χ2v) is 3.00. The quantitative estimate of drug-likeness (QED) is 0.728. The Bertz CT molecular complexity index is 513. The van der Waals surface area contributed by atoms with E-state index in [1.165, 1.54) is 0 Å². The molecule has 5 heteroatoms. The Morgan fingerprint density at radius 2 is 2.00 bits per heavy atom. The van der Waals surface area contributed by atoms with Gasteiger partial charge in [0.2, 0.25) is 5.28 Å². The first-order valence-corrected chi connectivity index (χ1v) is 4.22. The van der Waals surface area contributed by atoms with E-state index >= 15 is 0 Å². The minimum absolute atomic E-state index is 0.0545. The molecule has 0 spiro atoms. The summed E-state index contributed by atoms with van der Waals surface area (Å²) in [5.41, 5.74) is 0.463. The van der Waals surface area contributed by atoms with Crippen molar-refractivity contribution in [2.75, 3.05) is 0 Å². The van der Waals surface area contributed by atoms with Crippen molar-refractivity contribution in [1.29, 1.82) is 0 Å². The number of nitrogens with zero attached hydrogens (tertiary/aromatic N) is 2. The van der Waals surface area contributed by atoms with Crippen LogP contribution in [0.25, 0.3) is 10.9 Å². The molecular formula is C9H5ClN2O2. The number of carboxylic acid groups (broad SMARTS) is 1. The maximum atomic E-state index is 10.8. The van der Waals surface area contributed by atoms with Crippen LogP contribution in [0.15, 0.2) is 24.3 Å². The lowest BCUT2D eigenvalue weighted by atomic mass is 10.2. The zero-order chi connectivity index (χ0) is 10.1. The predicted octanol–water partition coefficient (Wildman–Crippen LogP) is 1.98. The minimum atomic E-state index is -1.11. The second kappa shape index (κ2) is 3.23. The van der Waals surface area contributed by atoms with Gasteiger partial charge < -0.3 is 5.11 Å². The summed E-state index contributed by atoms with van der Waals surface area (Å²) >= 11 is 5.58. The average Bonchev–Trinajstić information content (AvgIpc) is 2.16. The molecule has 2 rings (SSSR count). The fourth-order valence-corrected chi connectivity index (χ4v) is 1.39. The molecule has 0 aliphatic rings. The van der Waals surface area contributed by atoms with Gasteiger partial charge in [-0.1, -0.05) is 18.2 Å². The topological polar surface area (TPSA) is 63.1 Å². The van der Waals surface area contributed by atoms with E-state index in [0.29, 0.717) is 10.9 Å². The Morgan fingerprint density at radius 1 is 1.29 bits per heavy atom. The lowest BCUT2D eigenvalue weighted by molar-refractivity contribution is 0.0692. The number of fused-ring (bicyclic) bond motifs is 1. The maximum Gasteiger partial charge on any atom is 0.355 e. The summed E-state index contributed by atoms with van der Waals surface area (Å²) in [6.07, 6.45) is 0. The van der Waals surface area contributed by atoms with Gasteiger partial charge in [-0.2, -0.15) is 0 Å². The molecule has 1 N–H and O–H groups in total. The van der Waals surface area contributed by atoms with Crippen LogP contribution in [0.2, 0.25) is 5.28 Å². The van der Waals surface area contributed by atoms with Crippen LogP contribution in [0.1, 0.15) is 10.5 Å². The van der Waals surface area contributed by atoms with Crippen LogP contribution in [0, 0.1) is 0 Å². The summed E-state index contributed by atoms with van der Waals surface area (Å²) < 4.78 is 0. The first-order valence-electron chi connectivity index (χ1n) is 3.84. The lowest BCUT2D eigenvalue weighted by Crippen LogP contribution is -2.02. The molecule has 0 saturated carbocycles. The molecule has 1 heterocycles. The van der Waals surface area contributed by atoms with Crippen LogP contribution >= 0.6 is 11.6 Å². The number of carboxylic acids is 1. The fraction of sp³-hybridized carbons (Fsp3) is 0. The SMILES string of the molecule is O=C(O)c1nc(Cl)nc2ccccc12. The molecule has 0 aliphatic heterocycles. The maximum absolute atomic E-state index is 10.8. The standard InChI is InChI=1S/C9H5ClN2O2/c10-9-11-6-4-2-1-3-5(6)7(12-9)8(13)14/h1-4H,(H,13,14). The molecule has 0 aliphatic carbocycles. The van der Waals surface area contributed by atoms with Gasteiger partial charge in [-0.25, -0.2) is 14.8 Å². The number of hydrogen-bond donors (Lipinski definition) is 1. The number of carbonyl (C=O) groups is 1. The Labute approximate surface area is 84.2 Å². The van der Waals surface area contributed by atoms with Crippen LogP contribution in [0.5, 0.6) is 0 Å². The van der Waals surface area contributed by atoms with E-state index in [-0.39, 0.29) is 11.0 Å². The van der Waals surface area contributed by atoms with Gasteiger partial charge in [-0.15, -0.1) is 0 Å². The van der Waals surface area contributed by atoms with E-state index in [2.05, 4.69) is 9.97 Å². The zero-order valence-electron chi connectivity index (χ0n) is 6.94. The van der Waals surface area contributed by atoms with Crippen LogP contribution < -0.4 is 0 Å². The Hall–Kier alpha value is -1.68. The van der Waals surface area contributed by atoms with Crippen LogP contribution in [-0.2, 0) is 0 Å². The van der Waals surface area contributed by atoms with Gasteiger partial charge >= 0.3 is 5.97 Å². The highest BCUT2D eigenvalue weighted by atomic mass is 35.5. The largest absolute Gasteiger partial charge is 0.476 e. The molecule has 1 aromatic heterocycles. The molecular weight excluding hydrogens is 204 g/mol. The van der Waals surface area contributed by atoms with Crippen molar-refractivity contribution in [2.45, 2.75) is 0 Å². The molecule has 0 unspecified atom stereocenters. The third-order valence-electron chi connectivity index (χ3n) is 1.78. The molecule has 14 heavy (non-hydrogen) atoms. The highest BCUT2D eigenvalue weighted by Gasteiger charge is 2.11. The van der Waals surface area contributed by atoms with Crippen molar-refractivity contribution in [3.63, 3.8) is 0 Å². The number of aromatic nitrogens is 2. The number of rotatable bonds is 1. The highest BCUT2D eigenvalue weighted by molar-refractivity contribution is 6.29. The van der Waals surface area contributed by atoms with Gasteiger partial charge in [0.1, 0.15) is 0 Å². The number of para-hydroxylation sites is 1. The summed E-state index contributed by atoms with van der Waals surface area (Å²) in [5.74, 6) is -1.11. The van der Waals surface area contributed by atoms with Crippen LogP contribution in [-0.4, -0.2) is 21.0 Å². The monoisotopic (exact) mass is 208 g/mol. The molecule has 2 aromatic rings. The first kappa shape index (κ1) is 8.90. The third-order valence-corrected chi connectivity index (χ3v) is 1.95. The molecule has 0 atom stereocenters. The lowest BCUT2D eigenvalue weighted by Gasteiger charge is -2.00. The van der Waals surface area contributed by atoms with Gasteiger partial charge in [0.05, 0.1) is 5.52 Å². The smallest absolute Gasteiger partial charge is 0.355 e. The van der Waals surface area contributed by atoms with E-state index in [0.717, 1.165) is 0 Å². The molecule has 0 saturated heterocycles. The van der Waals surface area contributed by atoms with Crippen molar-refractivity contribution in [3.05, 3.63) is 35.2 Å². The predicted molar refractivity (Wildman–Crippen MR) is 51.5 cm³/mol. The van der Waals surface area contributed by atoms with Gasteiger partial charge in [0.15, 0.2) is 5.69 Å². The van der Waals surface area contributed by atoms with Crippen molar-refractivity contribution < 1.29 is 9.90 Å². The van der Waals surface area contributed by atoms with Crippen LogP contribution in [0.3, 0.4) is 0 Å². The fourth-order valence-electron chi connectivity index (χ4n) is 1.21. The molecule has 0 fully saturated rings. The van der Waals surface area contributed by atoms with Gasteiger partial charge in [-0.3, -0.25) is 0 Å². The second-order valence-electron chi connectivity index (χ2n) is 2.66. The zero-order valence-corrected chi connectivity index (χ0v) is 7.69. The van der Waals surface area contributed by atoms with E-state index < -0.39 is 5.97 Å². The van der Waals surface area contributed by atoms with Crippen LogP contribution in [0.4, 0.5) is 0 Å². The number of benzene rings is 1. The number of aromatic carboxylic acids is 1. The Kier molecular flexibility index (Phi) is 2.05. The van der Waals surface area contributed by atoms with E-state index in [1.54, 1.807) is 24.3 Å².